The van der Waals surface area contributed by atoms with Gasteiger partial charge in [-0.3, -0.25) is 9.13 Å². The van der Waals surface area contributed by atoms with E-state index in [0.717, 1.165) is 179 Å². The minimum Gasteiger partial charge on any atom is -0.456 e. The predicted molar refractivity (Wildman–Crippen MR) is 575 cm³/mol. The molecule has 8 heteroatoms. The van der Waals surface area contributed by atoms with Crippen LogP contribution < -0.4 is 9.80 Å². The van der Waals surface area contributed by atoms with Crippen molar-refractivity contribution in [3.05, 3.63) is 552 Å². The summed E-state index contributed by atoms with van der Waals surface area (Å²) in [7, 11) is 0. The van der Waals surface area contributed by atoms with E-state index in [1.807, 2.05) is 6.07 Å². The van der Waals surface area contributed by atoms with Crippen LogP contribution >= 0.6 is 0 Å². The first-order valence-corrected chi connectivity index (χ1v) is 48.9. The Morgan fingerprint density at radius 1 is 0.234 bits per heavy atom. The Kier molecular flexibility index (Phi) is 17.3. The van der Waals surface area contributed by atoms with Gasteiger partial charge in [-0.25, -0.2) is 9.97 Å². The second-order valence-electron chi connectivity index (χ2n) is 38.3. The summed E-state index contributed by atoms with van der Waals surface area (Å²) in [5.74, 6) is 1.90. The number of fused-ring (bicyclic) bond motifs is 15. The fourth-order valence-electron chi connectivity index (χ4n) is 25.4. The monoisotopic (exact) mass is 1800 g/mol. The number of hydrogen-bond donors (Lipinski definition) is 0. The van der Waals surface area contributed by atoms with Crippen molar-refractivity contribution >= 4 is 100 Å². The number of hydrogen-bond acceptors (Lipinski definition) is 6. The molecule has 25 aromatic rings. The van der Waals surface area contributed by atoms with Crippen molar-refractivity contribution < 1.29 is 8.83 Å². The molecule has 0 saturated heterocycles. The predicted octanol–water partition coefficient (Wildman–Crippen LogP) is 34.3. The van der Waals surface area contributed by atoms with Gasteiger partial charge >= 0.3 is 0 Å². The molecule has 3 unspecified atom stereocenters. The van der Waals surface area contributed by atoms with Crippen LogP contribution in [-0.2, 0) is 5.41 Å². The van der Waals surface area contributed by atoms with Gasteiger partial charge in [0.2, 0.25) is 0 Å². The Morgan fingerprint density at radius 2 is 0.645 bits per heavy atom. The van der Waals surface area contributed by atoms with E-state index in [9.17, 15) is 0 Å². The van der Waals surface area contributed by atoms with Crippen LogP contribution in [0, 0.1) is 0 Å². The summed E-state index contributed by atoms with van der Waals surface area (Å²) >= 11 is 0. The highest BCUT2D eigenvalue weighted by Gasteiger charge is 2.70. The molecule has 4 aromatic heterocycles. The molecule has 6 aliphatic rings. The fourth-order valence-corrected chi connectivity index (χ4v) is 25.4. The van der Waals surface area contributed by atoms with Crippen molar-refractivity contribution in [3.8, 4) is 101 Å². The molecule has 0 fully saturated rings. The molecule has 3 atom stereocenters. The number of rotatable bonds is 16. The molecule has 141 heavy (non-hydrogen) atoms. The van der Waals surface area contributed by atoms with Crippen molar-refractivity contribution in [1.82, 2.24) is 19.1 Å². The number of anilines is 6. The Labute approximate surface area is 814 Å². The zero-order chi connectivity index (χ0) is 92.2. The van der Waals surface area contributed by atoms with Crippen LogP contribution in [0.5, 0.6) is 0 Å². The first kappa shape index (κ1) is 79.0. The van der Waals surface area contributed by atoms with E-state index in [1.54, 1.807) is 0 Å². The van der Waals surface area contributed by atoms with Crippen molar-refractivity contribution in [3.63, 3.8) is 0 Å². The second kappa shape index (κ2) is 30.9. The van der Waals surface area contributed by atoms with E-state index in [1.165, 1.54) is 89.1 Å². The van der Waals surface area contributed by atoms with E-state index in [-0.39, 0.29) is 29.1 Å². The first-order valence-electron chi connectivity index (χ1n) is 48.9. The maximum absolute atomic E-state index is 7.31. The third-order valence-electron chi connectivity index (χ3n) is 31.2. The van der Waals surface area contributed by atoms with Crippen LogP contribution in [0.1, 0.15) is 90.4 Å². The summed E-state index contributed by atoms with van der Waals surface area (Å²) in [6.07, 6.45) is 0. The van der Waals surface area contributed by atoms with Gasteiger partial charge < -0.3 is 18.6 Å². The van der Waals surface area contributed by atoms with Gasteiger partial charge in [0.25, 0.3) is 0 Å². The molecular weight excluding hydrogens is 1710 g/mol. The molecule has 4 heterocycles. The molecule has 31 rings (SSSR count). The quantitative estimate of drug-likeness (QED) is 0.0960. The normalized spacial score (nSPS) is 15.8. The lowest BCUT2D eigenvalue weighted by atomic mass is 9.43. The molecule has 658 valence electrons. The van der Waals surface area contributed by atoms with Crippen LogP contribution in [0.4, 0.5) is 34.1 Å². The van der Waals surface area contributed by atoms with Gasteiger partial charge in [0.05, 0.1) is 39.1 Å². The standard InChI is InChI=1S/C133H84N6O2/c1-4-29-82(30-5-1)99-47-26-48-104-105-49-27-56-117(130(105)141-129(99)104)137(91-35-6-2-7-36-91)115-77-75-97(123-121-100-39-10-12-41-102(100)122(125(115)123)103-42-13-11-40-101(103)121)85-67-73-95(74-68-85)139-114-55-22-20-53-112(114)135-132(139)90-34-25-33-89(80-90)88-32-24-31-87(79-88)81-63-69-93(70-64-81)136(94-71-65-84(66-72-94)96-46-28-58-119-120(96)108-45-16-23-57-118(108)140-119)116-78-76-98(124-126(116)128-107-44-15-18-51-110(107)133(128)109-50-17-14-43-106(109)127(124)133)83-59-61-86(62-60-83)131-134-111-52-19-21-54-113(111)138(131)92-37-8-3-9-38-92/h1-80,121-122,127-128H. The third kappa shape index (κ3) is 11.7. The average Bonchev–Trinajstić information content (AvgIpc) is 1.45. The molecule has 0 saturated carbocycles. The minimum atomic E-state index is -0.237. The van der Waals surface area contributed by atoms with Gasteiger partial charge in [0.15, 0.2) is 5.58 Å². The molecule has 0 N–H and O–H groups in total. The maximum atomic E-state index is 7.31. The van der Waals surface area contributed by atoms with Crippen LogP contribution in [0.3, 0.4) is 0 Å². The summed E-state index contributed by atoms with van der Waals surface area (Å²) in [5.41, 5.74) is 48.0. The van der Waals surface area contributed by atoms with Crippen molar-refractivity contribution in [2.75, 3.05) is 9.80 Å². The molecule has 0 radical (unpaired) electrons. The Bertz CT molecular complexity index is 9410. The van der Waals surface area contributed by atoms with Gasteiger partial charge in [-0.15, -0.1) is 0 Å². The van der Waals surface area contributed by atoms with Gasteiger partial charge in [-0.2, -0.15) is 0 Å². The molecule has 0 aliphatic heterocycles. The largest absolute Gasteiger partial charge is 0.456 e. The maximum Gasteiger partial charge on any atom is 0.159 e. The molecule has 8 nitrogen and oxygen atoms in total. The summed E-state index contributed by atoms with van der Waals surface area (Å²) < 4.78 is 18.5. The summed E-state index contributed by atoms with van der Waals surface area (Å²) in [5, 5.41) is 4.39. The number of imidazole rings is 2. The van der Waals surface area contributed by atoms with Gasteiger partial charge in [0.1, 0.15) is 28.4 Å². The number of nitrogens with zero attached hydrogens (tertiary/aromatic N) is 6. The first-order chi connectivity index (χ1) is 70.0. The molecular formula is C133H84N6O2. The topological polar surface area (TPSA) is 68.4 Å². The number of benzene rings is 21. The van der Waals surface area contributed by atoms with Crippen LogP contribution in [0.2, 0.25) is 0 Å². The number of furan rings is 2. The van der Waals surface area contributed by atoms with Crippen LogP contribution in [-0.4, -0.2) is 19.1 Å². The lowest BCUT2D eigenvalue weighted by Gasteiger charge is -2.58. The summed E-state index contributed by atoms with van der Waals surface area (Å²) in [4.78, 5) is 15.9. The zero-order valence-electron chi connectivity index (χ0n) is 76.5. The summed E-state index contributed by atoms with van der Waals surface area (Å²) in [6.45, 7) is 0. The second-order valence-corrected chi connectivity index (χ2v) is 38.3. The molecule has 2 bridgehead atoms. The Balaban J connectivity index is 0.520. The molecule has 21 aromatic carbocycles. The molecule has 0 amide bonds. The van der Waals surface area contributed by atoms with Crippen LogP contribution in [0.15, 0.2) is 494 Å². The number of para-hydroxylation sites is 9. The van der Waals surface area contributed by atoms with E-state index >= 15 is 0 Å². The smallest absolute Gasteiger partial charge is 0.159 e. The van der Waals surface area contributed by atoms with E-state index in [0.29, 0.717) is 0 Å². The van der Waals surface area contributed by atoms with Gasteiger partial charge in [0, 0.05) is 95.8 Å². The minimum absolute atomic E-state index is 0.0341. The lowest BCUT2D eigenvalue weighted by Crippen LogP contribution is -2.52. The highest BCUT2D eigenvalue weighted by Crippen LogP contribution is 2.79. The van der Waals surface area contributed by atoms with Gasteiger partial charge in [-0.05, 0) is 255 Å². The fraction of sp³-hybridized carbons (Fsp3) is 0.0376. The number of aromatic nitrogens is 4. The Hall–Kier alpha value is -18.2. The van der Waals surface area contributed by atoms with Crippen molar-refractivity contribution in [2.45, 2.75) is 29.1 Å². The van der Waals surface area contributed by atoms with Crippen molar-refractivity contribution in [2.24, 2.45) is 0 Å². The highest BCUT2D eigenvalue weighted by molar-refractivity contribution is 6.15. The molecule has 1 spiro atoms. The van der Waals surface area contributed by atoms with E-state index in [2.05, 4.69) is 498 Å². The van der Waals surface area contributed by atoms with E-state index in [4.69, 9.17) is 18.8 Å². The molecule has 6 aliphatic carbocycles. The van der Waals surface area contributed by atoms with Gasteiger partial charge in [-0.1, -0.05) is 358 Å². The lowest BCUT2D eigenvalue weighted by molar-refractivity contribution is 0.333. The van der Waals surface area contributed by atoms with Crippen molar-refractivity contribution in [1.29, 1.82) is 0 Å². The average molecular weight is 1800 g/mol. The zero-order valence-corrected chi connectivity index (χ0v) is 76.5. The van der Waals surface area contributed by atoms with Crippen LogP contribution in [0.25, 0.3) is 167 Å². The highest BCUT2D eigenvalue weighted by atomic mass is 16.3. The third-order valence-corrected chi connectivity index (χ3v) is 31.2. The Morgan fingerprint density at radius 3 is 1.29 bits per heavy atom. The van der Waals surface area contributed by atoms with E-state index < -0.39 is 0 Å². The SMILES string of the molecule is c1ccc(-c2cccc3c2oc2c(N(c4ccccc4)c4ccc(-c5ccc(-n6c(-c7cccc(-c8cccc(-c9ccc(N(c%10ccc(-c%11cccc%12oc%13ccccc%13c%11%12)cc%10)c%10ccc(-c%11ccc(-c%12nc%13ccccc%13n%12-c%12ccccc%12)cc%11)c%11c%10C%10c%12ccccc%12C%10%12c%10ccccc%10C%11%12)cc9)c8)c7)nc7ccccc76)cc5)c5c4C4c6ccccc6C5c5ccccc54)cccc23)cc1. The summed E-state index contributed by atoms with van der Waals surface area (Å²) in [6, 6.07) is 179.